The van der Waals surface area contributed by atoms with Gasteiger partial charge in [0.15, 0.2) is 6.23 Å². The van der Waals surface area contributed by atoms with E-state index in [1.54, 1.807) is 7.11 Å². The predicted octanol–water partition coefficient (Wildman–Crippen LogP) is 6.24. The van der Waals surface area contributed by atoms with Crippen molar-refractivity contribution in [1.82, 2.24) is 15.1 Å². The molecule has 1 fully saturated rings. The van der Waals surface area contributed by atoms with Gasteiger partial charge >= 0.3 is 6.03 Å². The molecule has 38 heavy (non-hydrogen) atoms. The summed E-state index contributed by atoms with van der Waals surface area (Å²) in [6.07, 6.45) is 2.23. The summed E-state index contributed by atoms with van der Waals surface area (Å²) in [4.78, 5) is 30.4. The third-order valence-electron chi connectivity index (χ3n) is 8.06. The maximum atomic E-state index is 13.5. The van der Waals surface area contributed by atoms with Crippen molar-refractivity contribution in [3.8, 4) is 5.75 Å². The average Bonchev–Trinajstić information content (AvgIpc) is 2.92. The van der Waals surface area contributed by atoms with Crippen LogP contribution in [0.5, 0.6) is 5.75 Å². The summed E-state index contributed by atoms with van der Waals surface area (Å²) >= 11 is 0. The Kier molecular flexibility index (Phi) is 10.3. The lowest BCUT2D eigenvalue weighted by atomic mass is 9.72. The fourth-order valence-electron chi connectivity index (χ4n) is 5.28. The lowest BCUT2D eigenvalue weighted by molar-refractivity contribution is -0.191. The first-order chi connectivity index (χ1) is 18.3. The Morgan fingerprint density at radius 2 is 1.63 bits per heavy atom. The summed E-state index contributed by atoms with van der Waals surface area (Å²) in [7, 11) is 3.78. The van der Waals surface area contributed by atoms with E-state index in [-0.39, 0.29) is 18.0 Å². The zero-order valence-corrected chi connectivity index (χ0v) is 24.1. The van der Waals surface area contributed by atoms with E-state index in [1.165, 1.54) is 10.5 Å². The van der Waals surface area contributed by atoms with Gasteiger partial charge in [0.25, 0.3) is 0 Å². The van der Waals surface area contributed by atoms with E-state index in [4.69, 9.17) is 9.47 Å². The van der Waals surface area contributed by atoms with Crippen LogP contribution < -0.4 is 10.1 Å². The fraction of sp³-hybridized carbons (Fsp3) is 0.548. The summed E-state index contributed by atoms with van der Waals surface area (Å²) in [5.41, 5.74) is 2.60. The molecule has 1 N–H and O–H groups in total. The van der Waals surface area contributed by atoms with Crippen LogP contribution in [-0.2, 0) is 9.53 Å². The third-order valence-corrected chi connectivity index (χ3v) is 8.06. The molecule has 3 amide bonds. The van der Waals surface area contributed by atoms with Crippen LogP contribution in [0.15, 0.2) is 48.5 Å². The number of nitrogens with one attached hydrogen (secondary N) is 1. The lowest BCUT2D eigenvalue weighted by Crippen LogP contribution is -2.73. The van der Waals surface area contributed by atoms with Gasteiger partial charge in [-0.05, 0) is 63.0 Å². The lowest BCUT2D eigenvalue weighted by Gasteiger charge is -2.53. The van der Waals surface area contributed by atoms with E-state index in [9.17, 15) is 9.59 Å². The number of hydrogen-bond acceptors (Lipinski definition) is 5. The summed E-state index contributed by atoms with van der Waals surface area (Å²) in [6, 6.07) is 15.6. The van der Waals surface area contributed by atoms with Crippen molar-refractivity contribution < 1.29 is 19.1 Å². The van der Waals surface area contributed by atoms with Crippen LogP contribution in [-0.4, -0.2) is 55.3 Å². The van der Waals surface area contributed by atoms with Gasteiger partial charge in [-0.15, -0.1) is 0 Å². The number of carbonyl (C=O) groups is 2. The van der Waals surface area contributed by atoms with E-state index in [0.717, 1.165) is 30.5 Å². The molecule has 2 aromatic carbocycles. The number of ether oxygens (including phenoxy) is 2. The zero-order valence-electron chi connectivity index (χ0n) is 24.1. The van der Waals surface area contributed by atoms with Crippen LogP contribution in [0.3, 0.4) is 0 Å². The molecule has 2 aromatic rings. The van der Waals surface area contributed by atoms with Crippen molar-refractivity contribution in [1.29, 1.82) is 0 Å². The van der Waals surface area contributed by atoms with Crippen molar-refractivity contribution in [3.63, 3.8) is 0 Å². The molecule has 7 nitrogen and oxygen atoms in total. The molecule has 3 atom stereocenters. The molecule has 1 aliphatic heterocycles. The van der Waals surface area contributed by atoms with Crippen LogP contribution in [0.1, 0.15) is 82.2 Å². The molecule has 208 valence electrons. The van der Waals surface area contributed by atoms with E-state index in [0.29, 0.717) is 25.2 Å². The molecule has 0 aromatic heterocycles. The highest BCUT2D eigenvalue weighted by molar-refractivity contribution is 6.03. The number of amides is 3. The minimum absolute atomic E-state index is 0.134. The number of nitrogens with zero attached hydrogens (tertiary/aromatic N) is 2. The van der Waals surface area contributed by atoms with Crippen LogP contribution in [0, 0.1) is 12.3 Å². The number of rotatable bonds is 13. The molecular formula is C31H45N3O4. The van der Waals surface area contributed by atoms with Crippen LogP contribution in [0.4, 0.5) is 4.79 Å². The Labute approximate surface area is 228 Å². The van der Waals surface area contributed by atoms with Crippen molar-refractivity contribution in [2.75, 3.05) is 27.3 Å². The smallest absolute Gasteiger partial charge is 0.327 e. The standard InChI is InChI=1S/C31H45N3O4/c1-8-12-26(23-15-13-22(5)14-16-23)32-30(36)34-28(35)31(9-2,10-3)29(34)38-25-19-17-24(18-20-25)27(21-37-7)33(6)11-4/h13-20,26-27,29H,8-12,21H2,1-7H3,(H,32,36)/t26-,27-,29+/m1/s1. The molecule has 0 spiro atoms. The number of urea groups is 1. The molecule has 0 bridgehead atoms. The molecule has 0 unspecified atom stereocenters. The van der Waals surface area contributed by atoms with Gasteiger partial charge in [-0.25, -0.2) is 9.69 Å². The van der Waals surface area contributed by atoms with Gasteiger partial charge in [0.1, 0.15) is 11.2 Å². The van der Waals surface area contributed by atoms with Gasteiger partial charge in [0.2, 0.25) is 5.91 Å². The molecule has 0 aliphatic carbocycles. The van der Waals surface area contributed by atoms with E-state index >= 15 is 0 Å². The number of methoxy groups -OCH3 is 1. The number of benzene rings is 2. The van der Waals surface area contributed by atoms with Gasteiger partial charge < -0.3 is 14.8 Å². The van der Waals surface area contributed by atoms with Gasteiger partial charge in [0.05, 0.1) is 18.7 Å². The van der Waals surface area contributed by atoms with Gasteiger partial charge in [-0.3, -0.25) is 9.69 Å². The number of hydrogen-bond donors (Lipinski definition) is 1. The van der Waals surface area contributed by atoms with Gasteiger partial charge in [-0.2, -0.15) is 0 Å². The second-order valence-electron chi connectivity index (χ2n) is 10.3. The highest BCUT2D eigenvalue weighted by Gasteiger charge is 2.63. The van der Waals surface area contributed by atoms with Crippen molar-refractivity contribution in [2.24, 2.45) is 5.41 Å². The normalized spacial score (nSPS) is 18.2. The van der Waals surface area contributed by atoms with Gasteiger partial charge in [-0.1, -0.05) is 76.1 Å². The Hall–Kier alpha value is -2.90. The quantitative estimate of drug-likeness (QED) is 0.315. The maximum Gasteiger partial charge on any atom is 0.327 e. The van der Waals surface area contributed by atoms with Crippen molar-refractivity contribution in [3.05, 3.63) is 65.2 Å². The molecule has 1 heterocycles. The van der Waals surface area contributed by atoms with Crippen LogP contribution in [0.2, 0.25) is 0 Å². The second-order valence-corrected chi connectivity index (χ2v) is 10.3. The first-order valence-corrected chi connectivity index (χ1v) is 13.9. The molecule has 1 aliphatic rings. The number of imide groups is 1. The molecule has 0 radical (unpaired) electrons. The summed E-state index contributed by atoms with van der Waals surface area (Å²) in [5.74, 6) is 0.458. The third kappa shape index (κ3) is 6.05. The van der Waals surface area contributed by atoms with E-state index < -0.39 is 17.7 Å². The Morgan fingerprint density at radius 1 is 1.03 bits per heavy atom. The van der Waals surface area contributed by atoms with Crippen molar-refractivity contribution >= 4 is 11.9 Å². The summed E-state index contributed by atoms with van der Waals surface area (Å²) in [6.45, 7) is 11.7. The molecule has 3 rings (SSSR count). The van der Waals surface area contributed by atoms with E-state index in [2.05, 4.69) is 31.1 Å². The number of likely N-dealkylation sites (N-methyl/N-ethyl adjacent to an activating group) is 1. The number of β-lactam (4-membered cyclic amide) rings is 1. The second kappa shape index (κ2) is 13.3. The van der Waals surface area contributed by atoms with E-state index in [1.807, 2.05) is 69.3 Å². The first kappa shape index (κ1) is 29.7. The fourth-order valence-corrected chi connectivity index (χ4v) is 5.28. The number of carbonyl (C=O) groups excluding carboxylic acids is 2. The zero-order chi connectivity index (χ0) is 27.9. The van der Waals surface area contributed by atoms with Gasteiger partial charge in [0, 0.05) is 7.11 Å². The maximum absolute atomic E-state index is 13.5. The number of aryl methyl sites for hydroxylation is 1. The highest BCUT2D eigenvalue weighted by Crippen LogP contribution is 2.46. The molecule has 0 saturated carbocycles. The molecule has 1 saturated heterocycles. The minimum Gasteiger partial charge on any atom is -0.469 e. The molecular weight excluding hydrogens is 478 g/mol. The minimum atomic E-state index is -0.721. The summed E-state index contributed by atoms with van der Waals surface area (Å²) in [5, 5.41) is 3.11. The summed E-state index contributed by atoms with van der Waals surface area (Å²) < 4.78 is 11.8. The molecule has 7 heteroatoms. The predicted molar refractivity (Wildman–Crippen MR) is 151 cm³/mol. The Balaban J connectivity index is 1.82. The van der Waals surface area contributed by atoms with Crippen molar-refractivity contribution in [2.45, 2.75) is 78.6 Å². The Morgan fingerprint density at radius 3 is 2.16 bits per heavy atom. The SMILES string of the molecule is CCC[C@@H](NC(=O)N1C(=O)C(CC)(CC)[C@@H]1Oc1ccc([C@@H](COC)N(C)CC)cc1)c1ccc(C)cc1. The Bertz CT molecular complexity index is 1050. The topological polar surface area (TPSA) is 71.1 Å². The van der Waals surface area contributed by atoms with Crippen LogP contribution >= 0.6 is 0 Å². The van der Waals surface area contributed by atoms with Crippen LogP contribution in [0.25, 0.3) is 0 Å². The highest BCUT2D eigenvalue weighted by atomic mass is 16.5. The number of likely N-dealkylation sites (tertiary alicyclic amines) is 1. The largest absolute Gasteiger partial charge is 0.469 e. The monoisotopic (exact) mass is 523 g/mol. The first-order valence-electron chi connectivity index (χ1n) is 13.9. The average molecular weight is 524 g/mol.